The second kappa shape index (κ2) is 8.33. The first-order chi connectivity index (χ1) is 15.3. The smallest absolute Gasteiger partial charge is 0.367 e. The zero-order valence-corrected chi connectivity index (χ0v) is 18.3. The van der Waals surface area contributed by atoms with E-state index in [1.54, 1.807) is 30.3 Å². The number of nitrogens with zero attached hydrogens (tertiary/aromatic N) is 2. The molecule has 5 nitrogen and oxygen atoms in total. The molecule has 0 radical (unpaired) electrons. The molecular weight excluding hydrogens is 462 g/mol. The Morgan fingerprint density at radius 1 is 0.969 bits per heavy atom. The number of halogens is 5. The summed E-state index contributed by atoms with van der Waals surface area (Å²) in [7, 11) is 0. The average molecular weight is 482 g/mol. The van der Waals surface area contributed by atoms with Crippen LogP contribution in [0.5, 0.6) is 0 Å². The summed E-state index contributed by atoms with van der Waals surface area (Å²) in [6, 6.07) is 12.6. The number of benzene rings is 2. The van der Waals surface area contributed by atoms with Gasteiger partial charge in [0.1, 0.15) is 5.82 Å². The first-order valence-corrected chi connectivity index (χ1v) is 11.1. The van der Waals surface area contributed by atoms with Crippen molar-refractivity contribution < 1.29 is 13.2 Å². The number of aromatic nitrogens is 2. The molecule has 4 atom stereocenters. The van der Waals surface area contributed by atoms with E-state index >= 15 is 0 Å². The molecule has 3 aromatic rings. The minimum absolute atomic E-state index is 0.0206. The Morgan fingerprint density at radius 2 is 1.78 bits per heavy atom. The third-order valence-corrected chi connectivity index (χ3v) is 6.99. The zero-order chi connectivity index (χ0) is 22.5. The van der Waals surface area contributed by atoms with Crippen LogP contribution in [0, 0.1) is 5.92 Å². The second-order valence-corrected chi connectivity index (χ2v) is 9.09. The molecule has 2 aliphatic rings. The fraction of sp³-hybridized carbons (Fsp3) is 0.364. The number of para-hydroxylation sites is 1. The van der Waals surface area contributed by atoms with Crippen LogP contribution in [-0.2, 0) is 6.18 Å². The van der Waals surface area contributed by atoms with Crippen LogP contribution in [0.15, 0.2) is 42.5 Å². The summed E-state index contributed by atoms with van der Waals surface area (Å²) < 4.78 is 40.1. The highest BCUT2D eigenvalue weighted by Gasteiger charge is 2.41. The lowest BCUT2D eigenvalue weighted by Crippen LogP contribution is -2.39. The number of hydrogen-bond acceptors (Lipinski definition) is 5. The molecule has 4 unspecified atom stereocenters. The zero-order valence-electron chi connectivity index (χ0n) is 16.8. The van der Waals surface area contributed by atoms with Gasteiger partial charge in [-0.2, -0.15) is 13.2 Å². The SMILES string of the molecule is FC(F)(F)c1nc(NC2CCC3NNC(c4ccc(Cl)c(Cl)c4)C3C2)c2ccccc2n1. The molecule has 2 aromatic carbocycles. The topological polar surface area (TPSA) is 61.9 Å². The molecule has 1 aliphatic carbocycles. The summed E-state index contributed by atoms with van der Waals surface area (Å²) >= 11 is 12.3. The van der Waals surface area contributed by atoms with Crippen LogP contribution in [0.25, 0.3) is 10.9 Å². The van der Waals surface area contributed by atoms with Gasteiger partial charge in [0.15, 0.2) is 0 Å². The van der Waals surface area contributed by atoms with Crippen molar-refractivity contribution in [1.29, 1.82) is 0 Å². The highest BCUT2D eigenvalue weighted by Crippen LogP contribution is 2.40. The summed E-state index contributed by atoms with van der Waals surface area (Å²) in [6.45, 7) is 0. The molecule has 1 saturated heterocycles. The number of hydrogen-bond donors (Lipinski definition) is 3. The number of hydrazine groups is 1. The maximum atomic E-state index is 13.4. The molecule has 1 saturated carbocycles. The molecule has 0 spiro atoms. The van der Waals surface area contributed by atoms with Gasteiger partial charge >= 0.3 is 6.18 Å². The largest absolute Gasteiger partial charge is 0.451 e. The molecule has 3 N–H and O–H groups in total. The molecule has 168 valence electrons. The summed E-state index contributed by atoms with van der Waals surface area (Å²) in [5.41, 5.74) is 7.99. The van der Waals surface area contributed by atoms with Gasteiger partial charge in [-0.1, -0.05) is 41.4 Å². The van der Waals surface area contributed by atoms with E-state index < -0.39 is 12.0 Å². The van der Waals surface area contributed by atoms with Crippen molar-refractivity contribution >= 4 is 39.9 Å². The minimum Gasteiger partial charge on any atom is -0.367 e. The fourth-order valence-corrected chi connectivity index (χ4v) is 5.04. The Hall–Kier alpha value is -2.13. The van der Waals surface area contributed by atoms with Crippen LogP contribution in [0.4, 0.5) is 19.0 Å². The van der Waals surface area contributed by atoms with Gasteiger partial charge in [-0.05, 0) is 55.0 Å². The maximum absolute atomic E-state index is 13.4. The van der Waals surface area contributed by atoms with Crippen molar-refractivity contribution in [1.82, 2.24) is 20.8 Å². The Balaban J connectivity index is 1.41. The summed E-state index contributed by atoms with van der Waals surface area (Å²) in [5.74, 6) is -0.685. The van der Waals surface area contributed by atoms with Crippen molar-refractivity contribution in [2.45, 2.75) is 43.6 Å². The lowest BCUT2D eigenvalue weighted by Gasteiger charge is -2.34. The minimum atomic E-state index is -4.61. The summed E-state index contributed by atoms with van der Waals surface area (Å²) in [5, 5.41) is 4.85. The monoisotopic (exact) mass is 481 g/mol. The Bertz CT molecular complexity index is 1160. The van der Waals surface area contributed by atoms with E-state index in [9.17, 15) is 13.2 Å². The fourth-order valence-electron chi connectivity index (χ4n) is 4.73. The number of anilines is 1. The van der Waals surface area contributed by atoms with E-state index in [2.05, 4.69) is 26.1 Å². The van der Waals surface area contributed by atoms with Gasteiger partial charge in [-0.15, -0.1) is 0 Å². The Labute approximate surface area is 192 Å². The average Bonchev–Trinajstić information content (AvgIpc) is 3.18. The van der Waals surface area contributed by atoms with Gasteiger partial charge in [-0.25, -0.2) is 15.4 Å². The van der Waals surface area contributed by atoms with Gasteiger partial charge in [0.25, 0.3) is 0 Å². The van der Waals surface area contributed by atoms with E-state index in [-0.39, 0.29) is 35.4 Å². The maximum Gasteiger partial charge on any atom is 0.451 e. The van der Waals surface area contributed by atoms with E-state index in [4.69, 9.17) is 23.2 Å². The predicted octanol–water partition coefficient (Wildman–Crippen LogP) is 5.75. The molecule has 1 aromatic heterocycles. The molecule has 0 amide bonds. The van der Waals surface area contributed by atoms with Crippen molar-refractivity contribution in [2.75, 3.05) is 5.32 Å². The van der Waals surface area contributed by atoms with E-state index in [0.29, 0.717) is 15.4 Å². The third-order valence-electron chi connectivity index (χ3n) is 6.25. The van der Waals surface area contributed by atoms with Crippen LogP contribution < -0.4 is 16.2 Å². The molecule has 2 heterocycles. The van der Waals surface area contributed by atoms with Crippen LogP contribution in [-0.4, -0.2) is 22.1 Å². The summed E-state index contributed by atoms with van der Waals surface area (Å²) in [4.78, 5) is 7.54. The Morgan fingerprint density at radius 3 is 2.56 bits per heavy atom. The molecule has 5 rings (SSSR count). The first kappa shape index (κ1) is 21.7. The van der Waals surface area contributed by atoms with Gasteiger partial charge in [0.2, 0.25) is 5.82 Å². The van der Waals surface area contributed by atoms with Crippen molar-refractivity contribution in [3.63, 3.8) is 0 Å². The van der Waals surface area contributed by atoms with Gasteiger partial charge < -0.3 is 5.32 Å². The Kier molecular flexibility index (Phi) is 5.65. The van der Waals surface area contributed by atoms with E-state index in [0.717, 1.165) is 24.8 Å². The van der Waals surface area contributed by atoms with Crippen LogP contribution in [0.3, 0.4) is 0 Å². The normalized spacial score (nSPS) is 25.7. The van der Waals surface area contributed by atoms with E-state index in [1.807, 2.05) is 12.1 Å². The molecule has 32 heavy (non-hydrogen) atoms. The lowest BCUT2D eigenvalue weighted by molar-refractivity contribution is -0.144. The summed E-state index contributed by atoms with van der Waals surface area (Å²) in [6.07, 6.45) is -2.17. The van der Waals surface area contributed by atoms with Crippen LogP contribution >= 0.6 is 23.2 Å². The molecule has 10 heteroatoms. The van der Waals surface area contributed by atoms with Gasteiger partial charge in [0, 0.05) is 17.5 Å². The first-order valence-electron chi connectivity index (χ1n) is 10.4. The highest BCUT2D eigenvalue weighted by atomic mass is 35.5. The second-order valence-electron chi connectivity index (χ2n) is 8.28. The van der Waals surface area contributed by atoms with Crippen LogP contribution in [0.1, 0.15) is 36.7 Å². The van der Waals surface area contributed by atoms with Crippen LogP contribution in [0.2, 0.25) is 10.0 Å². The van der Waals surface area contributed by atoms with Crippen molar-refractivity contribution in [2.24, 2.45) is 5.92 Å². The highest BCUT2D eigenvalue weighted by molar-refractivity contribution is 6.42. The molecule has 1 aliphatic heterocycles. The molecule has 0 bridgehead atoms. The molecular formula is C22H20Cl2F3N5. The number of nitrogens with one attached hydrogen (secondary N) is 3. The van der Waals surface area contributed by atoms with Crippen molar-refractivity contribution in [3.8, 4) is 0 Å². The predicted molar refractivity (Wildman–Crippen MR) is 119 cm³/mol. The standard InChI is InChI=1S/C22H20Cl2F3N5/c23-15-7-5-11(9-16(15)24)19-14-10-12(6-8-18(14)31-32-19)28-20-13-3-1-2-4-17(13)29-21(30-20)22(25,26)27/h1-5,7,9,12,14,18-19,31-32H,6,8,10H2,(H,28,29,30). The van der Waals surface area contributed by atoms with Crippen molar-refractivity contribution in [3.05, 3.63) is 63.9 Å². The molecule has 2 fully saturated rings. The van der Waals surface area contributed by atoms with Gasteiger partial charge in [0.05, 0.1) is 21.6 Å². The third kappa shape index (κ3) is 4.12. The van der Waals surface area contributed by atoms with Gasteiger partial charge in [-0.3, -0.25) is 5.43 Å². The quantitative estimate of drug-likeness (QED) is 0.444. The number of fused-ring (bicyclic) bond motifs is 2. The lowest BCUT2D eigenvalue weighted by atomic mass is 9.77. The van der Waals surface area contributed by atoms with E-state index in [1.165, 1.54) is 0 Å². The number of alkyl halides is 3. The number of rotatable bonds is 3.